The summed E-state index contributed by atoms with van der Waals surface area (Å²) in [6, 6.07) is 0. The summed E-state index contributed by atoms with van der Waals surface area (Å²) in [5, 5.41) is 11.0. The van der Waals surface area contributed by atoms with E-state index in [0.29, 0.717) is 0 Å². The molecule has 0 aromatic rings. The van der Waals surface area contributed by atoms with Gasteiger partial charge in [-0.25, -0.2) is 0 Å². The molecule has 1 unspecified atom stereocenters. The van der Waals surface area contributed by atoms with Crippen molar-refractivity contribution in [1.82, 2.24) is 5.32 Å². The van der Waals surface area contributed by atoms with Crippen LogP contribution in [0.3, 0.4) is 0 Å². The third-order valence-electron chi connectivity index (χ3n) is 1.66. The molecule has 0 saturated heterocycles. The van der Waals surface area contributed by atoms with Gasteiger partial charge in [0.1, 0.15) is 6.42 Å². The quantitative estimate of drug-likeness (QED) is 0.505. The van der Waals surface area contributed by atoms with E-state index in [-0.39, 0.29) is 0 Å². The second kappa shape index (κ2) is 3.40. The topological polar surface area (TPSA) is 92.4 Å². The monoisotopic (exact) mass is 182 g/mol. The Morgan fingerprint density at radius 3 is 2.62 bits per heavy atom. The molecule has 0 saturated carbocycles. The largest absolute Gasteiger partial charge is 0.481 e. The van der Waals surface area contributed by atoms with E-state index in [9.17, 15) is 9.59 Å². The summed E-state index contributed by atoms with van der Waals surface area (Å²) in [6.07, 6.45) is 5.61. The standard InChI is InChI=1S/C8H10N2O3/c9-8(3-1-2-4-10-8)6(11)5-7(12)13/h1-4,10H,5,9H2,(H,12,13). The normalized spacial score (nSPS) is 25.3. The molecule has 70 valence electrons. The molecule has 0 fully saturated rings. The lowest BCUT2D eigenvalue weighted by molar-refractivity contribution is -0.141. The molecule has 1 rings (SSSR count). The molecule has 0 amide bonds. The van der Waals surface area contributed by atoms with Gasteiger partial charge in [0.2, 0.25) is 0 Å². The van der Waals surface area contributed by atoms with Crippen molar-refractivity contribution in [1.29, 1.82) is 0 Å². The van der Waals surface area contributed by atoms with E-state index in [1.165, 1.54) is 12.3 Å². The predicted molar refractivity (Wildman–Crippen MR) is 45.6 cm³/mol. The molecule has 0 radical (unpaired) electrons. The average Bonchev–Trinajstić information content (AvgIpc) is 2.04. The number of nitrogens with two attached hydrogens (primary N) is 1. The summed E-state index contributed by atoms with van der Waals surface area (Å²) in [7, 11) is 0. The Morgan fingerprint density at radius 2 is 2.15 bits per heavy atom. The Kier molecular flexibility index (Phi) is 2.48. The van der Waals surface area contributed by atoms with Gasteiger partial charge in [-0.15, -0.1) is 0 Å². The number of nitrogens with one attached hydrogen (secondary N) is 1. The fourth-order valence-electron chi connectivity index (χ4n) is 0.954. The van der Waals surface area contributed by atoms with E-state index >= 15 is 0 Å². The maximum atomic E-state index is 11.3. The first kappa shape index (κ1) is 9.47. The number of ketones is 1. The predicted octanol–water partition coefficient (Wildman–Crippen LogP) is -0.642. The molecule has 0 bridgehead atoms. The summed E-state index contributed by atoms with van der Waals surface area (Å²) < 4.78 is 0. The van der Waals surface area contributed by atoms with Gasteiger partial charge >= 0.3 is 5.97 Å². The van der Waals surface area contributed by atoms with Crippen molar-refractivity contribution >= 4 is 11.8 Å². The van der Waals surface area contributed by atoms with E-state index in [1.807, 2.05) is 0 Å². The van der Waals surface area contributed by atoms with Crippen molar-refractivity contribution in [2.45, 2.75) is 12.1 Å². The third kappa shape index (κ3) is 2.16. The molecule has 1 aliphatic rings. The highest BCUT2D eigenvalue weighted by Gasteiger charge is 2.31. The second-order valence-electron chi connectivity index (χ2n) is 2.73. The number of carbonyl (C=O) groups is 2. The number of dihydropyridines is 1. The lowest BCUT2D eigenvalue weighted by atomic mass is 10.0. The maximum Gasteiger partial charge on any atom is 0.311 e. The number of aliphatic carboxylic acids is 1. The van der Waals surface area contributed by atoms with Gasteiger partial charge in [0.05, 0.1) is 0 Å². The maximum absolute atomic E-state index is 11.3. The number of hydrogen-bond donors (Lipinski definition) is 3. The van der Waals surface area contributed by atoms with Crippen molar-refractivity contribution < 1.29 is 14.7 Å². The lowest BCUT2D eigenvalue weighted by Gasteiger charge is -2.25. The number of Topliss-reactive ketones (excluding diaryl/α,β-unsaturated/α-hetero) is 1. The van der Waals surface area contributed by atoms with Gasteiger partial charge in [0.25, 0.3) is 0 Å². The van der Waals surface area contributed by atoms with Crippen LogP contribution < -0.4 is 11.1 Å². The van der Waals surface area contributed by atoms with Crippen molar-refractivity contribution in [3.05, 3.63) is 24.4 Å². The molecular weight excluding hydrogens is 172 g/mol. The highest BCUT2D eigenvalue weighted by Crippen LogP contribution is 2.07. The summed E-state index contributed by atoms with van der Waals surface area (Å²) in [5.41, 5.74) is 4.22. The van der Waals surface area contributed by atoms with Crippen LogP contribution in [0, 0.1) is 0 Å². The molecule has 5 nitrogen and oxygen atoms in total. The van der Waals surface area contributed by atoms with Crippen LogP contribution in [0.2, 0.25) is 0 Å². The molecule has 1 atom stereocenters. The highest BCUT2D eigenvalue weighted by atomic mass is 16.4. The minimum atomic E-state index is -1.37. The first-order valence-electron chi connectivity index (χ1n) is 3.70. The molecule has 0 aromatic carbocycles. The number of allylic oxidation sites excluding steroid dienone is 2. The van der Waals surface area contributed by atoms with Gasteiger partial charge in [-0.2, -0.15) is 0 Å². The first-order valence-corrected chi connectivity index (χ1v) is 3.70. The van der Waals surface area contributed by atoms with Crippen LogP contribution in [0.1, 0.15) is 6.42 Å². The molecule has 4 N–H and O–H groups in total. The smallest absolute Gasteiger partial charge is 0.311 e. The summed E-state index contributed by atoms with van der Waals surface area (Å²) in [5.74, 6) is -1.75. The van der Waals surface area contributed by atoms with Crippen LogP contribution in [0.15, 0.2) is 24.4 Å². The van der Waals surface area contributed by atoms with Crippen LogP contribution in [-0.4, -0.2) is 22.5 Å². The number of carbonyl (C=O) groups excluding carboxylic acids is 1. The van der Waals surface area contributed by atoms with E-state index in [2.05, 4.69) is 5.32 Å². The van der Waals surface area contributed by atoms with Crippen molar-refractivity contribution in [3.8, 4) is 0 Å². The van der Waals surface area contributed by atoms with Gasteiger partial charge in [-0.05, 0) is 18.4 Å². The van der Waals surface area contributed by atoms with Gasteiger partial charge in [-0.3, -0.25) is 15.3 Å². The number of carboxylic acids is 1. The van der Waals surface area contributed by atoms with Crippen molar-refractivity contribution in [2.75, 3.05) is 0 Å². The van der Waals surface area contributed by atoms with Crippen LogP contribution in [0.4, 0.5) is 0 Å². The summed E-state index contributed by atoms with van der Waals surface area (Å²) >= 11 is 0. The van der Waals surface area contributed by atoms with Crippen LogP contribution in [0.25, 0.3) is 0 Å². The van der Waals surface area contributed by atoms with E-state index in [4.69, 9.17) is 10.8 Å². The highest BCUT2D eigenvalue weighted by molar-refractivity contribution is 6.01. The molecule has 13 heavy (non-hydrogen) atoms. The Morgan fingerprint density at radius 1 is 1.46 bits per heavy atom. The molecule has 1 heterocycles. The fourth-order valence-corrected chi connectivity index (χ4v) is 0.954. The molecule has 5 heteroatoms. The summed E-state index contributed by atoms with van der Waals surface area (Å²) in [4.78, 5) is 21.5. The zero-order valence-corrected chi connectivity index (χ0v) is 6.86. The van der Waals surface area contributed by atoms with Crippen LogP contribution >= 0.6 is 0 Å². The molecule has 0 aromatic heterocycles. The third-order valence-corrected chi connectivity index (χ3v) is 1.66. The zero-order valence-electron chi connectivity index (χ0n) is 6.86. The number of carboxylic acid groups (broad SMARTS) is 1. The minimum absolute atomic E-state index is 0.569. The average molecular weight is 182 g/mol. The van der Waals surface area contributed by atoms with E-state index in [0.717, 1.165) is 0 Å². The van der Waals surface area contributed by atoms with E-state index < -0.39 is 23.8 Å². The number of rotatable bonds is 3. The van der Waals surface area contributed by atoms with Crippen LogP contribution in [-0.2, 0) is 9.59 Å². The fraction of sp³-hybridized carbons (Fsp3) is 0.250. The minimum Gasteiger partial charge on any atom is -0.481 e. The Balaban J connectivity index is 2.70. The van der Waals surface area contributed by atoms with Gasteiger partial charge in [0, 0.05) is 0 Å². The summed E-state index contributed by atoms with van der Waals surface area (Å²) in [6.45, 7) is 0. The lowest BCUT2D eigenvalue weighted by Crippen LogP contribution is -2.57. The molecule has 1 aliphatic heterocycles. The van der Waals surface area contributed by atoms with Crippen molar-refractivity contribution in [2.24, 2.45) is 5.73 Å². The van der Waals surface area contributed by atoms with Crippen molar-refractivity contribution in [3.63, 3.8) is 0 Å². The zero-order chi connectivity index (χ0) is 9.90. The molecule has 0 aliphatic carbocycles. The van der Waals surface area contributed by atoms with E-state index in [1.54, 1.807) is 12.2 Å². The second-order valence-corrected chi connectivity index (χ2v) is 2.73. The number of hydrogen-bond acceptors (Lipinski definition) is 4. The van der Waals surface area contributed by atoms with Gasteiger partial charge in [-0.1, -0.05) is 6.08 Å². The Bertz CT molecular complexity index is 296. The Labute approximate surface area is 74.9 Å². The SMILES string of the molecule is NC1(C(=O)CC(=O)O)C=CC=CN1. The first-order chi connectivity index (χ1) is 6.04. The van der Waals surface area contributed by atoms with Gasteiger partial charge in [0.15, 0.2) is 11.4 Å². The molecular formula is C8H10N2O3. The van der Waals surface area contributed by atoms with Gasteiger partial charge < -0.3 is 10.4 Å². The molecule has 0 spiro atoms. The van der Waals surface area contributed by atoms with Crippen LogP contribution in [0.5, 0.6) is 0 Å². The Hall–Kier alpha value is -1.62.